The van der Waals surface area contributed by atoms with Crippen molar-refractivity contribution in [1.82, 2.24) is 19.9 Å². The summed E-state index contributed by atoms with van der Waals surface area (Å²) < 4.78 is 38.9. The maximum Gasteiger partial charge on any atom is 0.416 e. The Balaban J connectivity index is 1.80. The van der Waals surface area contributed by atoms with E-state index in [0.29, 0.717) is 29.1 Å². The van der Waals surface area contributed by atoms with Crippen molar-refractivity contribution >= 4 is 17.0 Å². The Morgan fingerprint density at radius 2 is 1.85 bits per heavy atom. The fourth-order valence-corrected chi connectivity index (χ4v) is 2.67. The molecule has 1 N–H and O–H groups in total. The molecule has 1 atom stereocenters. The number of benzene rings is 1. The van der Waals surface area contributed by atoms with E-state index in [4.69, 9.17) is 0 Å². The van der Waals surface area contributed by atoms with Gasteiger partial charge in [-0.15, -0.1) is 0 Å². The maximum absolute atomic E-state index is 13.0. The zero-order valence-electron chi connectivity index (χ0n) is 14.3. The molecule has 0 spiro atoms. The minimum Gasteiger partial charge on any atom is -0.368 e. The highest BCUT2D eigenvalue weighted by Gasteiger charge is 2.31. The van der Waals surface area contributed by atoms with Crippen molar-refractivity contribution in [2.24, 2.45) is 0 Å². The number of anilines is 1. The molecule has 8 heteroatoms. The number of halogens is 3. The van der Waals surface area contributed by atoms with Crippen molar-refractivity contribution in [3.05, 3.63) is 59.9 Å². The number of aromatic nitrogens is 3. The fraction of sp³-hybridized carbons (Fsp3) is 0.278. The van der Waals surface area contributed by atoms with Crippen LogP contribution in [0.1, 0.15) is 17.2 Å². The molecule has 0 amide bonds. The van der Waals surface area contributed by atoms with E-state index in [1.807, 2.05) is 19.0 Å². The van der Waals surface area contributed by atoms with Gasteiger partial charge in [0.25, 0.3) is 0 Å². The molecule has 0 bridgehead atoms. The van der Waals surface area contributed by atoms with Crippen LogP contribution in [0, 0.1) is 0 Å². The summed E-state index contributed by atoms with van der Waals surface area (Å²) in [6.45, 7) is 0.396. The monoisotopic (exact) mass is 361 g/mol. The van der Waals surface area contributed by atoms with Crippen LogP contribution in [0.5, 0.6) is 0 Å². The molecule has 2 aromatic heterocycles. The molecule has 1 unspecified atom stereocenters. The number of rotatable bonds is 5. The highest BCUT2D eigenvalue weighted by molar-refractivity contribution is 5.71. The SMILES string of the molecule is CN(C)C(CNc1ccc2nccnc2n1)c1cccc(C(F)(F)F)c1. The van der Waals surface area contributed by atoms with Crippen molar-refractivity contribution < 1.29 is 13.2 Å². The van der Waals surface area contributed by atoms with Crippen LogP contribution in [0.4, 0.5) is 19.0 Å². The zero-order chi connectivity index (χ0) is 18.7. The summed E-state index contributed by atoms with van der Waals surface area (Å²) in [4.78, 5) is 14.5. The van der Waals surface area contributed by atoms with E-state index in [-0.39, 0.29) is 6.04 Å². The summed E-state index contributed by atoms with van der Waals surface area (Å²) in [5.41, 5.74) is 1.12. The van der Waals surface area contributed by atoms with Crippen LogP contribution >= 0.6 is 0 Å². The molecular formula is C18H18F3N5. The van der Waals surface area contributed by atoms with Crippen molar-refractivity contribution in [2.75, 3.05) is 26.0 Å². The van der Waals surface area contributed by atoms with E-state index < -0.39 is 11.7 Å². The number of nitrogens with one attached hydrogen (secondary N) is 1. The Hall–Kier alpha value is -2.74. The number of pyridine rings is 1. The molecule has 3 rings (SSSR count). The third-order valence-electron chi connectivity index (χ3n) is 4.03. The Kier molecular flexibility index (Phi) is 5.03. The first-order valence-corrected chi connectivity index (χ1v) is 8.00. The highest BCUT2D eigenvalue weighted by atomic mass is 19.4. The summed E-state index contributed by atoms with van der Waals surface area (Å²) in [5, 5.41) is 3.17. The molecule has 0 saturated heterocycles. The quantitative estimate of drug-likeness (QED) is 0.750. The second kappa shape index (κ2) is 7.25. The number of likely N-dealkylation sites (N-methyl/N-ethyl adjacent to an activating group) is 1. The van der Waals surface area contributed by atoms with Crippen molar-refractivity contribution in [2.45, 2.75) is 12.2 Å². The van der Waals surface area contributed by atoms with Gasteiger partial charge in [-0.1, -0.05) is 12.1 Å². The van der Waals surface area contributed by atoms with Gasteiger partial charge in [-0.05, 0) is 43.9 Å². The molecule has 136 valence electrons. The molecule has 0 aliphatic heterocycles. The van der Waals surface area contributed by atoms with Crippen LogP contribution in [0.2, 0.25) is 0 Å². The molecule has 0 radical (unpaired) electrons. The van der Waals surface area contributed by atoms with Crippen molar-refractivity contribution in [3.8, 4) is 0 Å². The summed E-state index contributed by atoms with van der Waals surface area (Å²) in [7, 11) is 3.65. The van der Waals surface area contributed by atoms with Gasteiger partial charge in [0.15, 0.2) is 5.65 Å². The molecule has 0 aliphatic rings. The molecule has 3 aromatic rings. The Morgan fingerprint density at radius 1 is 1.08 bits per heavy atom. The van der Waals surface area contributed by atoms with Gasteiger partial charge in [-0.2, -0.15) is 13.2 Å². The van der Waals surface area contributed by atoms with Gasteiger partial charge in [-0.25, -0.2) is 9.97 Å². The van der Waals surface area contributed by atoms with Crippen LogP contribution in [0.3, 0.4) is 0 Å². The molecule has 0 fully saturated rings. The number of fused-ring (bicyclic) bond motifs is 1. The average molecular weight is 361 g/mol. The van der Waals surface area contributed by atoms with Gasteiger partial charge in [0.05, 0.1) is 11.6 Å². The third kappa shape index (κ3) is 4.08. The Bertz CT molecular complexity index is 895. The van der Waals surface area contributed by atoms with Crippen LogP contribution in [0.25, 0.3) is 11.2 Å². The first-order chi connectivity index (χ1) is 12.3. The predicted octanol–water partition coefficient (Wildman–Crippen LogP) is 3.76. The largest absolute Gasteiger partial charge is 0.416 e. The standard InChI is InChI=1S/C18H18F3N5/c1-26(2)15(12-4-3-5-13(10-12)18(19,20)21)11-24-16-7-6-14-17(25-16)23-9-8-22-14/h3-10,15H,11H2,1-2H3,(H,23,24,25). The normalized spacial score (nSPS) is 13.2. The van der Waals surface area contributed by atoms with Gasteiger partial charge in [0, 0.05) is 18.9 Å². The lowest BCUT2D eigenvalue weighted by atomic mass is 10.0. The Labute approximate surface area is 148 Å². The van der Waals surface area contributed by atoms with Crippen molar-refractivity contribution in [1.29, 1.82) is 0 Å². The molecule has 5 nitrogen and oxygen atoms in total. The lowest BCUT2D eigenvalue weighted by molar-refractivity contribution is -0.137. The van der Waals surface area contributed by atoms with Gasteiger partial charge in [-0.3, -0.25) is 4.98 Å². The first kappa shape index (κ1) is 18.1. The van der Waals surface area contributed by atoms with Crippen LogP contribution < -0.4 is 5.32 Å². The first-order valence-electron chi connectivity index (χ1n) is 8.00. The molecule has 2 heterocycles. The average Bonchev–Trinajstić information content (AvgIpc) is 2.61. The Morgan fingerprint density at radius 3 is 2.58 bits per heavy atom. The number of hydrogen-bond donors (Lipinski definition) is 1. The van der Waals surface area contributed by atoms with Crippen LogP contribution in [0.15, 0.2) is 48.8 Å². The predicted molar refractivity (Wildman–Crippen MR) is 93.7 cm³/mol. The summed E-state index contributed by atoms with van der Waals surface area (Å²) in [5.74, 6) is 0.594. The smallest absolute Gasteiger partial charge is 0.368 e. The van der Waals surface area contributed by atoms with E-state index in [1.165, 1.54) is 12.1 Å². The van der Waals surface area contributed by atoms with E-state index in [0.717, 1.165) is 6.07 Å². The second-order valence-electron chi connectivity index (χ2n) is 6.08. The number of nitrogens with zero attached hydrogens (tertiary/aromatic N) is 4. The molecule has 0 saturated carbocycles. The number of alkyl halides is 3. The topological polar surface area (TPSA) is 53.9 Å². The van der Waals surface area contributed by atoms with Crippen LogP contribution in [-0.2, 0) is 6.18 Å². The van der Waals surface area contributed by atoms with Gasteiger partial charge in [0.1, 0.15) is 11.3 Å². The molecular weight excluding hydrogens is 343 g/mol. The molecule has 26 heavy (non-hydrogen) atoms. The van der Waals surface area contributed by atoms with Crippen molar-refractivity contribution in [3.63, 3.8) is 0 Å². The lowest BCUT2D eigenvalue weighted by Crippen LogP contribution is -2.27. The zero-order valence-corrected chi connectivity index (χ0v) is 14.3. The second-order valence-corrected chi connectivity index (χ2v) is 6.08. The third-order valence-corrected chi connectivity index (χ3v) is 4.03. The summed E-state index contributed by atoms with van der Waals surface area (Å²) in [6, 6.07) is 8.71. The van der Waals surface area contributed by atoms with E-state index >= 15 is 0 Å². The minimum atomic E-state index is -4.36. The fourth-order valence-electron chi connectivity index (χ4n) is 2.67. The van der Waals surface area contributed by atoms with Gasteiger partial charge >= 0.3 is 6.18 Å². The van der Waals surface area contributed by atoms with E-state index in [1.54, 1.807) is 30.6 Å². The van der Waals surface area contributed by atoms with Gasteiger partial charge in [0.2, 0.25) is 0 Å². The lowest BCUT2D eigenvalue weighted by Gasteiger charge is -2.26. The maximum atomic E-state index is 13.0. The van der Waals surface area contributed by atoms with Gasteiger partial charge < -0.3 is 10.2 Å². The molecule has 0 aliphatic carbocycles. The summed E-state index contributed by atoms with van der Waals surface area (Å²) in [6.07, 6.45) is -1.21. The minimum absolute atomic E-state index is 0.253. The summed E-state index contributed by atoms with van der Waals surface area (Å²) >= 11 is 0. The van der Waals surface area contributed by atoms with E-state index in [9.17, 15) is 13.2 Å². The van der Waals surface area contributed by atoms with Crippen LogP contribution in [-0.4, -0.2) is 40.5 Å². The van der Waals surface area contributed by atoms with E-state index in [2.05, 4.69) is 20.3 Å². The highest BCUT2D eigenvalue weighted by Crippen LogP contribution is 2.31. The number of hydrogen-bond acceptors (Lipinski definition) is 5. The molecule has 1 aromatic carbocycles.